The SMILES string of the molecule is COC(=O)c1cc(Br)nc(N2CCN(C(=O)O)CC2)c1. The van der Waals surface area contributed by atoms with E-state index in [0.29, 0.717) is 42.2 Å². The fourth-order valence-electron chi connectivity index (χ4n) is 2.01. The van der Waals surface area contributed by atoms with Crippen molar-refractivity contribution in [3.63, 3.8) is 0 Å². The fraction of sp³-hybridized carbons (Fsp3) is 0.417. The molecular weight excluding hydrogens is 330 g/mol. The number of ether oxygens (including phenoxy) is 1. The van der Waals surface area contributed by atoms with Crippen LogP contribution in [0.1, 0.15) is 10.4 Å². The predicted octanol–water partition coefficient (Wildman–Crippen LogP) is 1.43. The molecule has 0 unspecified atom stereocenters. The summed E-state index contributed by atoms with van der Waals surface area (Å²) in [6, 6.07) is 3.23. The molecule has 1 amide bonds. The average Bonchev–Trinajstić information content (AvgIpc) is 2.45. The van der Waals surface area contributed by atoms with Gasteiger partial charge in [0.15, 0.2) is 0 Å². The maximum Gasteiger partial charge on any atom is 0.407 e. The summed E-state index contributed by atoms with van der Waals surface area (Å²) in [4.78, 5) is 30.0. The lowest BCUT2D eigenvalue weighted by atomic mass is 10.2. The zero-order valence-electron chi connectivity index (χ0n) is 10.9. The molecule has 8 heteroatoms. The molecule has 0 spiro atoms. The molecule has 0 bridgehead atoms. The van der Waals surface area contributed by atoms with Gasteiger partial charge in [0.2, 0.25) is 0 Å². The number of halogens is 1. The van der Waals surface area contributed by atoms with Gasteiger partial charge in [-0.15, -0.1) is 0 Å². The van der Waals surface area contributed by atoms with Crippen molar-refractivity contribution in [3.8, 4) is 0 Å². The van der Waals surface area contributed by atoms with Gasteiger partial charge >= 0.3 is 12.1 Å². The Morgan fingerprint density at radius 2 is 1.95 bits per heavy atom. The highest BCUT2D eigenvalue weighted by molar-refractivity contribution is 9.10. The first-order valence-electron chi connectivity index (χ1n) is 6.00. The molecule has 1 aromatic heterocycles. The zero-order chi connectivity index (χ0) is 14.7. The van der Waals surface area contributed by atoms with Crippen LogP contribution in [0.2, 0.25) is 0 Å². The normalized spacial score (nSPS) is 15.1. The van der Waals surface area contributed by atoms with Crippen LogP contribution >= 0.6 is 15.9 Å². The van der Waals surface area contributed by atoms with Gasteiger partial charge in [-0.2, -0.15) is 0 Å². The smallest absolute Gasteiger partial charge is 0.407 e. The minimum Gasteiger partial charge on any atom is -0.465 e. The van der Waals surface area contributed by atoms with E-state index < -0.39 is 12.1 Å². The van der Waals surface area contributed by atoms with Crippen LogP contribution in [-0.2, 0) is 4.74 Å². The molecule has 1 fully saturated rings. The topological polar surface area (TPSA) is 83.0 Å². The van der Waals surface area contributed by atoms with Crippen LogP contribution in [0, 0.1) is 0 Å². The number of pyridine rings is 1. The summed E-state index contributed by atoms with van der Waals surface area (Å²) in [5.74, 6) is 0.198. The van der Waals surface area contributed by atoms with Gasteiger partial charge in [0.25, 0.3) is 0 Å². The molecular formula is C12H14BrN3O4. The maximum absolute atomic E-state index is 11.6. The first-order chi connectivity index (χ1) is 9.51. The number of piperazine rings is 1. The standard InChI is InChI=1S/C12H14BrN3O4/c1-20-11(17)8-6-9(13)14-10(7-8)15-2-4-16(5-3-15)12(18)19/h6-7H,2-5H2,1H3,(H,18,19). The number of rotatable bonds is 2. The Kier molecular flexibility index (Phi) is 4.43. The van der Waals surface area contributed by atoms with Crippen LogP contribution in [0.4, 0.5) is 10.6 Å². The van der Waals surface area contributed by atoms with Gasteiger partial charge in [-0.3, -0.25) is 0 Å². The number of hydrogen-bond acceptors (Lipinski definition) is 5. The van der Waals surface area contributed by atoms with E-state index in [4.69, 9.17) is 9.84 Å². The number of hydrogen-bond donors (Lipinski definition) is 1. The fourth-order valence-corrected chi connectivity index (χ4v) is 2.44. The van der Waals surface area contributed by atoms with E-state index in [2.05, 4.69) is 20.9 Å². The van der Waals surface area contributed by atoms with Gasteiger partial charge in [-0.1, -0.05) is 0 Å². The van der Waals surface area contributed by atoms with E-state index in [1.54, 1.807) is 12.1 Å². The number of carbonyl (C=O) groups is 2. The quantitative estimate of drug-likeness (QED) is 0.646. The average molecular weight is 344 g/mol. The molecule has 0 aliphatic carbocycles. The Balaban J connectivity index is 2.15. The second kappa shape index (κ2) is 6.08. The first-order valence-corrected chi connectivity index (χ1v) is 6.79. The summed E-state index contributed by atoms with van der Waals surface area (Å²) in [6.45, 7) is 1.90. The van der Waals surface area contributed by atoms with Crippen LogP contribution in [0.5, 0.6) is 0 Å². The lowest BCUT2D eigenvalue weighted by Gasteiger charge is -2.34. The van der Waals surface area contributed by atoms with Gasteiger partial charge in [0.05, 0.1) is 12.7 Å². The monoisotopic (exact) mass is 343 g/mol. The number of amides is 1. The Morgan fingerprint density at radius 1 is 1.30 bits per heavy atom. The Hall–Kier alpha value is -1.83. The van der Waals surface area contributed by atoms with Crippen LogP contribution in [0.15, 0.2) is 16.7 Å². The second-order valence-corrected chi connectivity index (χ2v) is 5.10. The highest BCUT2D eigenvalue weighted by Gasteiger charge is 2.22. The van der Waals surface area contributed by atoms with E-state index in [0.717, 1.165) is 0 Å². The molecule has 1 aliphatic rings. The van der Waals surface area contributed by atoms with Crippen molar-refractivity contribution in [2.45, 2.75) is 0 Å². The van der Waals surface area contributed by atoms with Gasteiger partial charge in [0, 0.05) is 26.2 Å². The summed E-state index contributed by atoms with van der Waals surface area (Å²) in [6.07, 6.45) is -0.915. The third kappa shape index (κ3) is 3.19. The highest BCUT2D eigenvalue weighted by atomic mass is 79.9. The number of carbonyl (C=O) groups excluding carboxylic acids is 1. The molecule has 1 saturated heterocycles. The zero-order valence-corrected chi connectivity index (χ0v) is 12.5. The molecule has 7 nitrogen and oxygen atoms in total. The third-order valence-electron chi connectivity index (χ3n) is 3.08. The minimum atomic E-state index is -0.915. The molecule has 1 aliphatic heterocycles. The van der Waals surface area contributed by atoms with Crippen molar-refractivity contribution < 1.29 is 19.4 Å². The first kappa shape index (κ1) is 14.6. The van der Waals surface area contributed by atoms with Crippen LogP contribution in [-0.4, -0.2) is 60.3 Å². The van der Waals surface area contributed by atoms with E-state index in [1.165, 1.54) is 12.0 Å². The van der Waals surface area contributed by atoms with Crippen LogP contribution < -0.4 is 4.90 Å². The van der Waals surface area contributed by atoms with Crippen LogP contribution in [0.25, 0.3) is 0 Å². The summed E-state index contributed by atoms with van der Waals surface area (Å²) in [5, 5.41) is 8.91. The number of carboxylic acid groups (broad SMARTS) is 1. The van der Waals surface area contributed by atoms with Crippen molar-refractivity contribution in [1.82, 2.24) is 9.88 Å². The van der Waals surface area contributed by atoms with E-state index in [9.17, 15) is 9.59 Å². The van der Waals surface area contributed by atoms with Gasteiger partial charge < -0.3 is 19.6 Å². The molecule has 1 aromatic rings. The van der Waals surface area contributed by atoms with E-state index in [-0.39, 0.29) is 0 Å². The number of esters is 1. The number of aromatic nitrogens is 1. The van der Waals surface area contributed by atoms with E-state index >= 15 is 0 Å². The molecule has 0 atom stereocenters. The molecule has 0 saturated carbocycles. The van der Waals surface area contributed by atoms with Crippen molar-refractivity contribution in [2.75, 3.05) is 38.2 Å². The van der Waals surface area contributed by atoms with Gasteiger partial charge in [-0.05, 0) is 28.1 Å². The molecule has 2 heterocycles. The molecule has 1 N–H and O–H groups in total. The molecule has 2 rings (SSSR count). The Bertz CT molecular complexity index is 529. The van der Waals surface area contributed by atoms with Crippen molar-refractivity contribution in [1.29, 1.82) is 0 Å². The molecule has 20 heavy (non-hydrogen) atoms. The summed E-state index contributed by atoms with van der Waals surface area (Å²) in [5.41, 5.74) is 0.407. The van der Waals surface area contributed by atoms with Gasteiger partial charge in [0.1, 0.15) is 10.4 Å². The van der Waals surface area contributed by atoms with Crippen molar-refractivity contribution in [2.24, 2.45) is 0 Å². The highest BCUT2D eigenvalue weighted by Crippen LogP contribution is 2.20. The second-order valence-electron chi connectivity index (χ2n) is 4.28. The van der Waals surface area contributed by atoms with Gasteiger partial charge in [-0.25, -0.2) is 14.6 Å². The number of methoxy groups -OCH3 is 1. The maximum atomic E-state index is 11.6. The number of nitrogens with zero attached hydrogens (tertiary/aromatic N) is 3. The largest absolute Gasteiger partial charge is 0.465 e. The van der Waals surface area contributed by atoms with Crippen LogP contribution in [0.3, 0.4) is 0 Å². The molecule has 108 valence electrons. The number of anilines is 1. The summed E-state index contributed by atoms with van der Waals surface area (Å²) >= 11 is 3.26. The van der Waals surface area contributed by atoms with Crippen molar-refractivity contribution >= 4 is 33.8 Å². The lowest BCUT2D eigenvalue weighted by Crippen LogP contribution is -2.48. The molecule has 0 radical (unpaired) electrons. The van der Waals surface area contributed by atoms with E-state index in [1.807, 2.05) is 4.90 Å². The van der Waals surface area contributed by atoms with Crippen molar-refractivity contribution in [3.05, 3.63) is 22.3 Å². The third-order valence-corrected chi connectivity index (χ3v) is 3.48. The Labute approximate surface area is 124 Å². The summed E-state index contributed by atoms with van der Waals surface area (Å²) in [7, 11) is 1.32. The Morgan fingerprint density at radius 3 is 2.50 bits per heavy atom. The predicted molar refractivity (Wildman–Crippen MR) is 75.1 cm³/mol. The molecule has 0 aromatic carbocycles. The lowest BCUT2D eigenvalue weighted by molar-refractivity contribution is 0.0600. The minimum absolute atomic E-state index is 0.407. The summed E-state index contributed by atoms with van der Waals surface area (Å²) < 4.78 is 5.23.